The van der Waals surface area contributed by atoms with Crippen LogP contribution in [-0.2, 0) is 4.74 Å². The number of esters is 1. The Balaban J connectivity index is 2.78. The Kier molecular flexibility index (Phi) is 3.16. The van der Waals surface area contributed by atoms with Crippen LogP contribution in [0.5, 0.6) is 0 Å². The number of pyridine rings is 1. The lowest BCUT2D eigenvalue weighted by molar-refractivity contribution is -0.383. The number of nitrogens with zero attached hydrogens (tertiary/aromatic N) is 4. The second kappa shape index (κ2) is 4.63. The minimum atomic E-state index is -0.645. The molecule has 2 aromatic heterocycles. The van der Waals surface area contributed by atoms with Crippen molar-refractivity contribution in [2.45, 2.75) is 19.8 Å². The van der Waals surface area contributed by atoms with E-state index in [0.717, 1.165) is 6.07 Å². The van der Waals surface area contributed by atoms with Crippen LogP contribution in [0, 0.1) is 10.1 Å². The summed E-state index contributed by atoms with van der Waals surface area (Å²) in [5, 5.41) is 18.8. The summed E-state index contributed by atoms with van der Waals surface area (Å²) in [4.78, 5) is 22.0. The molecule has 0 spiro atoms. The first-order valence-corrected chi connectivity index (χ1v) is 5.57. The van der Waals surface area contributed by atoms with Crippen molar-refractivity contribution in [1.29, 1.82) is 0 Å². The maximum absolute atomic E-state index is 11.5. The molecule has 0 bridgehead atoms. The number of hydrogen-bond acceptors (Lipinski definition) is 6. The molecule has 0 atom stereocenters. The minimum absolute atomic E-state index is 0.0162. The van der Waals surface area contributed by atoms with Gasteiger partial charge in [-0.2, -0.15) is 0 Å². The highest BCUT2D eigenvalue weighted by Gasteiger charge is 2.22. The quantitative estimate of drug-likeness (QED) is 0.473. The first kappa shape index (κ1) is 12.9. The molecule has 2 aromatic rings. The van der Waals surface area contributed by atoms with E-state index in [2.05, 4.69) is 14.9 Å². The Bertz CT molecular complexity index is 662. The van der Waals surface area contributed by atoms with E-state index < -0.39 is 10.9 Å². The third kappa shape index (κ3) is 2.12. The second-order valence-corrected chi connectivity index (χ2v) is 4.27. The lowest BCUT2D eigenvalue weighted by Gasteiger charge is -2.05. The normalized spacial score (nSPS) is 10.9. The van der Waals surface area contributed by atoms with Gasteiger partial charge in [0.1, 0.15) is 5.82 Å². The number of fused-ring (bicyclic) bond motifs is 1. The fourth-order valence-corrected chi connectivity index (χ4v) is 1.75. The molecule has 0 radical (unpaired) electrons. The Labute approximate surface area is 108 Å². The zero-order valence-corrected chi connectivity index (χ0v) is 10.7. The molecule has 0 aromatic carbocycles. The average molecular weight is 264 g/mol. The van der Waals surface area contributed by atoms with Gasteiger partial charge in [-0.15, -0.1) is 10.2 Å². The first-order chi connectivity index (χ1) is 8.95. The average Bonchev–Trinajstić information content (AvgIpc) is 2.79. The third-order valence-corrected chi connectivity index (χ3v) is 2.65. The predicted octanol–water partition coefficient (Wildman–Crippen LogP) is 1.55. The summed E-state index contributed by atoms with van der Waals surface area (Å²) < 4.78 is 6.03. The van der Waals surface area contributed by atoms with Crippen molar-refractivity contribution in [2.75, 3.05) is 7.11 Å². The molecular weight excluding hydrogens is 252 g/mol. The van der Waals surface area contributed by atoms with Gasteiger partial charge >= 0.3 is 11.7 Å². The molecule has 0 fully saturated rings. The van der Waals surface area contributed by atoms with Crippen molar-refractivity contribution >= 4 is 17.3 Å². The molecule has 0 unspecified atom stereocenters. The van der Waals surface area contributed by atoms with E-state index in [1.807, 2.05) is 13.8 Å². The molecule has 100 valence electrons. The lowest BCUT2D eigenvalue weighted by atomic mass is 10.2. The van der Waals surface area contributed by atoms with Gasteiger partial charge in [0, 0.05) is 18.2 Å². The van der Waals surface area contributed by atoms with Gasteiger partial charge in [0.05, 0.1) is 17.6 Å². The number of ether oxygens (including phenoxy) is 1. The Morgan fingerprint density at radius 1 is 1.47 bits per heavy atom. The van der Waals surface area contributed by atoms with Gasteiger partial charge in [-0.25, -0.2) is 4.79 Å². The molecule has 2 rings (SSSR count). The van der Waals surface area contributed by atoms with Crippen LogP contribution in [-0.4, -0.2) is 32.6 Å². The van der Waals surface area contributed by atoms with Gasteiger partial charge in [0.25, 0.3) is 0 Å². The second-order valence-electron chi connectivity index (χ2n) is 4.27. The lowest BCUT2D eigenvalue weighted by Crippen LogP contribution is -2.07. The van der Waals surface area contributed by atoms with Crippen LogP contribution >= 0.6 is 0 Å². The monoisotopic (exact) mass is 264 g/mol. The highest BCUT2D eigenvalue weighted by Crippen LogP contribution is 2.23. The molecule has 8 heteroatoms. The summed E-state index contributed by atoms with van der Waals surface area (Å²) in [6.45, 7) is 3.76. The van der Waals surface area contributed by atoms with Crippen molar-refractivity contribution in [3.63, 3.8) is 0 Å². The zero-order chi connectivity index (χ0) is 14.2. The van der Waals surface area contributed by atoms with Crippen molar-refractivity contribution in [3.8, 4) is 0 Å². The number of carbonyl (C=O) groups excluding carboxylic acids is 1. The number of aromatic nitrogens is 3. The van der Waals surface area contributed by atoms with Crippen LogP contribution in [0.3, 0.4) is 0 Å². The van der Waals surface area contributed by atoms with E-state index in [1.54, 1.807) is 0 Å². The van der Waals surface area contributed by atoms with E-state index in [4.69, 9.17) is 0 Å². The summed E-state index contributed by atoms with van der Waals surface area (Å²) in [6, 6.07) is 1.14. The Hall–Kier alpha value is -2.51. The first-order valence-electron chi connectivity index (χ1n) is 5.57. The van der Waals surface area contributed by atoms with Gasteiger partial charge in [0.15, 0.2) is 0 Å². The van der Waals surface area contributed by atoms with Gasteiger partial charge in [0.2, 0.25) is 5.65 Å². The molecule has 19 heavy (non-hydrogen) atoms. The summed E-state index contributed by atoms with van der Waals surface area (Å²) in [5.74, 6) is -0.0836. The van der Waals surface area contributed by atoms with Crippen LogP contribution in [0.1, 0.15) is 35.9 Å². The summed E-state index contributed by atoms with van der Waals surface area (Å²) in [6.07, 6.45) is 1.45. The SMILES string of the molecule is COC(=O)c1cc([N+](=O)[O-])c2nnc(C(C)C)n2c1. The highest BCUT2D eigenvalue weighted by atomic mass is 16.6. The number of hydrogen-bond donors (Lipinski definition) is 0. The fourth-order valence-electron chi connectivity index (χ4n) is 1.75. The smallest absolute Gasteiger partial charge is 0.339 e. The molecule has 0 saturated heterocycles. The molecule has 0 N–H and O–H groups in total. The number of nitro groups is 1. The Morgan fingerprint density at radius 2 is 2.16 bits per heavy atom. The summed E-state index contributed by atoms with van der Waals surface area (Å²) >= 11 is 0. The van der Waals surface area contributed by atoms with Crippen molar-refractivity contribution in [1.82, 2.24) is 14.6 Å². The largest absolute Gasteiger partial charge is 0.465 e. The van der Waals surface area contributed by atoms with Gasteiger partial charge in [-0.05, 0) is 0 Å². The van der Waals surface area contributed by atoms with Crippen molar-refractivity contribution in [3.05, 3.63) is 33.8 Å². The standard InChI is InChI=1S/C11H12N4O4/c1-6(2)9-12-13-10-8(15(17)18)4-7(5-14(9)10)11(16)19-3/h4-6H,1-3H3. The molecule has 0 saturated carbocycles. The fraction of sp³-hybridized carbons (Fsp3) is 0.364. The van der Waals surface area contributed by atoms with Crippen LogP contribution < -0.4 is 0 Å². The van der Waals surface area contributed by atoms with E-state index in [1.165, 1.54) is 17.7 Å². The number of carbonyl (C=O) groups is 1. The van der Waals surface area contributed by atoms with Crippen LogP contribution in [0.15, 0.2) is 12.3 Å². The molecule has 0 amide bonds. The van der Waals surface area contributed by atoms with E-state index >= 15 is 0 Å². The molecule has 0 aliphatic heterocycles. The van der Waals surface area contributed by atoms with Crippen LogP contribution in [0.4, 0.5) is 5.69 Å². The topological polar surface area (TPSA) is 99.6 Å². The molecule has 2 heterocycles. The van der Waals surface area contributed by atoms with Crippen molar-refractivity contribution < 1.29 is 14.5 Å². The van der Waals surface area contributed by atoms with E-state index in [0.29, 0.717) is 5.82 Å². The number of rotatable bonds is 3. The van der Waals surface area contributed by atoms with Gasteiger partial charge < -0.3 is 4.74 Å². The van der Waals surface area contributed by atoms with Crippen LogP contribution in [0.25, 0.3) is 5.65 Å². The molecular formula is C11H12N4O4. The maximum Gasteiger partial charge on any atom is 0.339 e. The predicted molar refractivity (Wildman–Crippen MR) is 65.1 cm³/mol. The van der Waals surface area contributed by atoms with Gasteiger partial charge in [-0.3, -0.25) is 14.5 Å². The molecule has 0 aliphatic carbocycles. The van der Waals surface area contributed by atoms with Crippen LogP contribution in [0.2, 0.25) is 0 Å². The van der Waals surface area contributed by atoms with E-state index in [-0.39, 0.29) is 22.8 Å². The Morgan fingerprint density at radius 3 is 2.68 bits per heavy atom. The zero-order valence-electron chi connectivity index (χ0n) is 10.7. The minimum Gasteiger partial charge on any atom is -0.465 e. The highest BCUT2D eigenvalue weighted by molar-refractivity contribution is 5.90. The van der Waals surface area contributed by atoms with Gasteiger partial charge in [-0.1, -0.05) is 13.8 Å². The third-order valence-electron chi connectivity index (χ3n) is 2.65. The van der Waals surface area contributed by atoms with E-state index in [9.17, 15) is 14.9 Å². The molecule has 0 aliphatic rings. The number of methoxy groups -OCH3 is 1. The maximum atomic E-state index is 11.5. The summed E-state index contributed by atoms with van der Waals surface area (Å²) in [5.41, 5.74) is -0.0768. The van der Waals surface area contributed by atoms with Crippen molar-refractivity contribution in [2.24, 2.45) is 0 Å². The molecule has 8 nitrogen and oxygen atoms in total. The summed E-state index contributed by atoms with van der Waals surface area (Å²) in [7, 11) is 1.22.